The number of carbonyl (C=O) groups excluding carboxylic acids is 1. The lowest BCUT2D eigenvalue weighted by molar-refractivity contribution is -0.118. The third-order valence-corrected chi connectivity index (χ3v) is 5.83. The Kier molecular flexibility index (Phi) is 4.58. The van der Waals surface area contributed by atoms with E-state index in [1.165, 1.54) is 18.5 Å². The Morgan fingerprint density at radius 3 is 2.72 bits per heavy atom. The molecular formula is C22H25N5O2. The summed E-state index contributed by atoms with van der Waals surface area (Å²) in [6.07, 6.45) is 8.14. The highest BCUT2D eigenvalue weighted by atomic mass is 16.5. The number of hydrogen-bond acceptors (Lipinski definition) is 5. The maximum Gasteiger partial charge on any atom is 0.237 e. The molecule has 3 heterocycles. The zero-order valence-corrected chi connectivity index (χ0v) is 16.3. The molecule has 1 amide bonds. The van der Waals surface area contributed by atoms with Crippen molar-refractivity contribution in [2.75, 3.05) is 18.0 Å². The monoisotopic (exact) mass is 391 g/mol. The molecule has 1 aliphatic carbocycles. The largest absolute Gasteiger partial charge is 0.490 e. The maximum absolute atomic E-state index is 11.3. The van der Waals surface area contributed by atoms with Gasteiger partial charge in [-0.2, -0.15) is 0 Å². The predicted octanol–water partition coefficient (Wildman–Crippen LogP) is 2.84. The maximum atomic E-state index is 11.3. The molecule has 1 aliphatic heterocycles. The molecular weight excluding hydrogens is 366 g/mol. The first-order valence-electron chi connectivity index (χ1n) is 10.3. The van der Waals surface area contributed by atoms with Crippen molar-refractivity contribution >= 4 is 22.6 Å². The molecule has 1 saturated heterocycles. The van der Waals surface area contributed by atoms with Crippen molar-refractivity contribution in [3.8, 4) is 5.75 Å². The molecule has 7 nitrogen and oxygen atoms in total. The minimum absolute atomic E-state index is 0.168. The first-order chi connectivity index (χ1) is 14.2. The number of rotatable bonds is 6. The number of benzene rings is 1. The third kappa shape index (κ3) is 3.77. The molecule has 2 fully saturated rings. The summed E-state index contributed by atoms with van der Waals surface area (Å²) in [6.45, 7) is 2.02. The van der Waals surface area contributed by atoms with E-state index >= 15 is 0 Å². The van der Waals surface area contributed by atoms with E-state index in [1.807, 2.05) is 35.0 Å². The van der Waals surface area contributed by atoms with E-state index in [4.69, 9.17) is 10.5 Å². The molecule has 2 N–H and O–H groups in total. The van der Waals surface area contributed by atoms with Gasteiger partial charge in [0, 0.05) is 55.2 Å². The number of primary amides is 1. The van der Waals surface area contributed by atoms with Crippen molar-refractivity contribution in [3.63, 3.8) is 0 Å². The number of anilines is 1. The summed E-state index contributed by atoms with van der Waals surface area (Å²) in [5, 5.41) is 1.01. The fourth-order valence-electron chi connectivity index (χ4n) is 4.12. The smallest absolute Gasteiger partial charge is 0.237 e. The van der Waals surface area contributed by atoms with Crippen LogP contribution >= 0.6 is 0 Å². The van der Waals surface area contributed by atoms with Crippen LogP contribution in [0.25, 0.3) is 10.9 Å². The first kappa shape index (κ1) is 18.0. The van der Waals surface area contributed by atoms with Crippen LogP contribution < -0.4 is 15.4 Å². The Morgan fingerprint density at radius 1 is 1.14 bits per heavy atom. The average Bonchev–Trinajstić information content (AvgIpc) is 3.51. The summed E-state index contributed by atoms with van der Waals surface area (Å²) in [5.74, 6) is 2.18. The first-order valence-corrected chi connectivity index (χ1v) is 10.3. The highest BCUT2D eigenvalue weighted by Gasteiger charge is 2.27. The predicted molar refractivity (Wildman–Crippen MR) is 111 cm³/mol. The summed E-state index contributed by atoms with van der Waals surface area (Å²) in [5.41, 5.74) is 7.49. The second-order valence-electron chi connectivity index (χ2n) is 7.98. The van der Waals surface area contributed by atoms with Gasteiger partial charge in [-0.25, -0.2) is 9.97 Å². The molecule has 150 valence electrons. The Morgan fingerprint density at radius 2 is 1.97 bits per heavy atom. The number of ether oxygens (including phenoxy) is 1. The van der Waals surface area contributed by atoms with Gasteiger partial charge >= 0.3 is 0 Å². The molecule has 1 aromatic carbocycles. The van der Waals surface area contributed by atoms with Crippen LogP contribution in [0.1, 0.15) is 37.3 Å². The highest BCUT2D eigenvalue weighted by Crippen LogP contribution is 2.39. The lowest BCUT2D eigenvalue weighted by Crippen LogP contribution is -2.38. The molecule has 0 unspecified atom stereocenters. The Labute approximate surface area is 169 Å². The van der Waals surface area contributed by atoms with E-state index in [-0.39, 0.29) is 18.6 Å². The number of fused-ring (bicyclic) bond motifs is 1. The SMILES string of the molecule is NC(=O)Cn1ccc2c(OC3CCN(c4cc(C5CC5)ncn4)CC3)cccc21. The summed E-state index contributed by atoms with van der Waals surface area (Å²) >= 11 is 0. The van der Waals surface area contributed by atoms with E-state index in [1.54, 1.807) is 6.33 Å². The molecule has 2 aliphatic rings. The van der Waals surface area contributed by atoms with Crippen molar-refractivity contribution in [3.05, 3.63) is 48.5 Å². The van der Waals surface area contributed by atoms with E-state index < -0.39 is 0 Å². The summed E-state index contributed by atoms with van der Waals surface area (Å²) in [7, 11) is 0. The Bertz CT molecular complexity index is 1030. The van der Waals surface area contributed by atoms with E-state index in [0.717, 1.165) is 48.4 Å². The average molecular weight is 391 g/mol. The second kappa shape index (κ2) is 7.39. The number of aromatic nitrogens is 3. The molecule has 0 spiro atoms. The van der Waals surface area contributed by atoms with Crippen LogP contribution in [0.15, 0.2) is 42.9 Å². The van der Waals surface area contributed by atoms with Gasteiger partial charge in [-0.15, -0.1) is 0 Å². The van der Waals surface area contributed by atoms with Crippen molar-refractivity contribution in [1.29, 1.82) is 0 Å². The van der Waals surface area contributed by atoms with Crippen LogP contribution in [-0.2, 0) is 11.3 Å². The second-order valence-corrected chi connectivity index (χ2v) is 7.98. The van der Waals surface area contributed by atoms with Gasteiger partial charge in [-0.1, -0.05) is 6.07 Å². The van der Waals surface area contributed by atoms with Gasteiger partial charge in [-0.3, -0.25) is 4.79 Å². The number of nitrogens with zero attached hydrogens (tertiary/aromatic N) is 4. The minimum Gasteiger partial charge on any atom is -0.490 e. The van der Waals surface area contributed by atoms with E-state index in [2.05, 4.69) is 20.9 Å². The van der Waals surface area contributed by atoms with Crippen molar-refractivity contribution in [2.24, 2.45) is 5.73 Å². The number of hydrogen-bond donors (Lipinski definition) is 1. The topological polar surface area (TPSA) is 86.3 Å². The van der Waals surface area contributed by atoms with Crippen LogP contribution in [0.2, 0.25) is 0 Å². The summed E-state index contributed by atoms with van der Waals surface area (Å²) in [6, 6.07) is 10.1. The molecule has 3 aromatic rings. The van der Waals surface area contributed by atoms with Gasteiger partial charge in [0.1, 0.15) is 30.5 Å². The Balaban J connectivity index is 1.25. The quantitative estimate of drug-likeness (QED) is 0.698. The zero-order chi connectivity index (χ0) is 19.8. The number of piperidine rings is 1. The van der Waals surface area contributed by atoms with Gasteiger partial charge in [-0.05, 0) is 31.0 Å². The summed E-state index contributed by atoms with van der Waals surface area (Å²) in [4.78, 5) is 22.5. The van der Waals surface area contributed by atoms with Crippen LogP contribution in [0.3, 0.4) is 0 Å². The number of carbonyl (C=O) groups is 1. The molecule has 29 heavy (non-hydrogen) atoms. The third-order valence-electron chi connectivity index (χ3n) is 5.83. The van der Waals surface area contributed by atoms with Crippen molar-refractivity contribution in [1.82, 2.24) is 14.5 Å². The van der Waals surface area contributed by atoms with E-state index in [9.17, 15) is 4.79 Å². The van der Waals surface area contributed by atoms with E-state index in [0.29, 0.717) is 5.92 Å². The molecule has 0 radical (unpaired) electrons. The fourth-order valence-corrected chi connectivity index (χ4v) is 4.12. The molecule has 2 aromatic heterocycles. The van der Waals surface area contributed by atoms with Gasteiger partial charge in [0.15, 0.2) is 0 Å². The fraction of sp³-hybridized carbons (Fsp3) is 0.409. The zero-order valence-electron chi connectivity index (χ0n) is 16.3. The normalized spacial score (nSPS) is 17.6. The molecule has 7 heteroatoms. The lowest BCUT2D eigenvalue weighted by atomic mass is 10.1. The standard InChI is InChI=1S/C22H25N5O2/c23-21(28)13-27-11-8-17-19(27)2-1-3-20(17)29-16-6-9-26(10-7-16)22-12-18(15-4-5-15)24-14-25-22/h1-3,8,11-12,14-16H,4-7,9-10,13H2,(H2,23,28). The Hall–Kier alpha value is -3.09. The summed E-state index contributed by atoms with van der Waals surface area (Å²) < 4.78 is 8.21. The number of nitrogens with two attached hydrogens (primary N) is 1. The van der Waals surface area contributed by atoms with Crippen LogP contribution in [0.5, 0.6) is 5.75 Å². The van der Waals surface area contributed by atoms with Gasteiger partial charge in [0.05, 0.1) is 5.52 Å². The van der Waals surface area contributed by atoms with Gasteiger partial charge in [0.2, 0.25) is 5.91 Å². The lowest BCUT2D eigenvalue weighted by Gasteiger charge is -2.33. The molecule has 0 atom stereocenters. The van der Waals surface area contributed by atoms with Crippen molar-refractivity contribution < 1.29 is 9.53 Å². The van der Waals surface area contributed by atoms with Crippen LogP contribution in [-0.4, -0.2) is 39.6 Å². The van der Waals surface area contributed by atoms with Gasteiger partial charge < -0.3 is 19.9 Å². The van der Waals surface area contributed by atoms with Crippen LogP contribution in [0.4, 0.5) is 5.82 Å². The molecule has 1 saturated carbocycles. The molecule has 0 bridgehead atoms. The molecule has 5 rings (SSSR count). The highest BCUT2D eigenvalue weighted by molar-refractivity contribution is 5.87. The minimum atomic E-state index is -0.351. The van der Waals surface area contributed by atoms with Crippen molar-refractivity contribution in [2.45, 2.75) is 44.2 Å². The number of amides is 1. The van der Waals surface area contributed by atoms with Crippen LogP contribution in [0, 0.1) is 0 Å². The van der Waals surface area contributed by atoms with Gasteiger partial charge in [0.25, 0.3) is 0 Å².